The lowest BCUT2D eigenvalue weighted by Gasteiger charge is -2.29. The summed E-state index contributed by atoms with van der Waals surface area (Å²) in [4.78, 5) is 14.2. The van der Waals surface area contributed by atoms with Gasteiger partial charge in [0, 0.05) is 37.4 Å². The van der Waals surface area contributed by atoms with E-state index in [1.54, 1.807) is 0 Å². The highest BCUT2D eigenvalue weighted by atomic mass is 16.6. The Morgan fingerprint density at radius 1 is 1.52 bits per heavy atom. The zero-order valence-corrected chi connectivity index (χ0v) is 15.0. The van der Waals surface area contributed by atoms with Crippen molar-refractivity contribution in [2.45, 2.75) is 64.6 Å². The van der Waals surface area contributed by atoms with Crippen molar-refractivity contribution in [3.63, 3.8) is 0 Å². The summed E-state index contributed by atoms with van der Waals surface area (Å²) in [5, 5.41) is 7.71. The molecule has 0 aromatic carbocycles. The van der Waals surface area contributed by atoms with E-state index in [1.165, 1.54) is 5.56 Å². The zero-order chi connectivity index (χ0) is 17.0. The monoisotopic (exact) mass is 322 g/mol. The van der Waals surface area contributed by atoms with Crippen LogP contribution in [0.1, 0.15) is 58.6 Å². The van der Waals surface area contributed by atoms with Crippen molar-refractivity contribution in [3.8, 4) is 0 Å². The first-order chi connectivity index (χ1) is 10.8. The fraction of sp³-hybridized carbons (Fsp3) is 0.765. The number of rotatable bonds is 5. The Morgan fingerprint density at radius 2 is 2.26 bits per heavy atom. The van der Waals surface area contributed by atoms with Crippen LogP contribution in [-0.4, -0.2) is 45.5 Å². The molecule has 1 aromatic rings. The first-order valence-electron chi connectivity index (χ1n) is 8.48. The first kappa shape index (κ1) is 17.8. The number of nitrogens with zero attached hydrogens (tertiary/aromatic N) is 3. The second-order valence-corrected chi connectivity index (χ2v) is 7.38. The van der Waals surface area contributed by atoms with Crippen LogP contribution in [0.4, 0.5) is 4.79 Å². The zero-order valence-electron chi connectivity index (χ0n) is 15.0. The van der Waals surface area contributed by atoms with Gasteiger partial charge in [-0.05, 0) is 53.5 Å². The van der Waals surface area contributed by atoms with Crippen molar-refractivity contribution in [1.29, 1.82) is 0 Å². The maximum absolute atomic E-state index is 12.3. The fourth-order valence-corrected chi connectivity index (χ4v) is 2.94. The molecule has 0 spiro atoms. The molecule has 1 amide bonds. The average Bonchev–Trinajstić information content (AvgIpc) is 3.05. The molecule has 130 valence electrons. The van der Waals surface area contributed by atoms with E-state index in [4.69, 9.17) is 4.74 Å². The third-order valence-electron chi connectivity index (χ3n) is 4.16. The summed E-state index contributed by atoms with van der Waals surface area (Å²) >= 11 is 0. The number of carbonyl (C=O) groups is 1. The summed E-state index contributed by atoms with van der Waals surface area (Å²) in [5.74, 6) is 0. The topological polar surface area (TPSA) is 59.4 Å². The summed E-state index contributed by atoms with van der Waals surface area (Å²) in [7, 11) is 1.92. The maximum atomic E-state index is 12.3. The van der Waals surface area contributed by atoms with Gasteiger partial charge in [-0.25, -0.2) is 4.79 Å². The van der Waals surface area contributed by atoms with E-state index in [1.807, 2.05) is 49.8 Å². The van der Waals surface area contributed by atoms with Crippen molar-refractivity contribution in [2.24, 2.45) is 7.05 Å². The van der Waals surface area contributed by atoms with Gasteiger partial charge < -0.3 is 15.0 Å². The van der Waals surface area contributed by atoms with Crippen LogP contribution in [0.5, 0.6) is 0 Å². The van der Waals surface area contributed by atoms with Gasteiger partial charge in [0.25, 0.3) is 0 Å². The summed E-state index contributed by atoms with van der Waals surface area (Å²) in [5.41, 5.74) is 0.750. The molecule has 2 atom stereocenters. The number of aromatic nitrogens is 2. The number of nitrogens with one attached hydrogen (secondary N) is 1. The number of likely N-dealkylation sites (tertiary alicyclic amines) is 1. The molecule has 2 rings (SSSR count). The third kappa shape index (κ3) is 5.23. The average molecular weight is 322 g/mol. The van der Waals surface area contributed by atoms with Gasteiger partial charge in [-0.2, -0.15) is 5.10 Å². The lowest BCUT2D eigenvalue weighted by Crippen LogP contribution is -2.41. The second-order valence-electron chi connectivity index (χ2n) is 7.38. The molecular weight excluding hydrogens is 292 g/mol. The van der Waals surface area contributed by atoms with Crippen LogP contribution in [0.2, 0.25) is 0 Å². The highest BCUT2D eigenvalue weighted by Crippen LogP contribution is 2.23. The van der Waals surface area contributed by atoms with Crippen molar-refractivity contribution < 1.29 is 9.53 Å². The standard InChI is InChI=1S/C17H30N4O2/c1-13(14-11-19-20(5)12-14)18-9-8-15-7-6-10-21(15)16(22)23-17(2,3)4/h11-13,15,18H,6-10H2,1-5H3. The highest BCUT2D eigenvalue weighted by molar-refractivity contribution is 5.68. The smallest absolute Gasteiger partial charge is 0.410 e. The van der Waals surface area contributed by atoms with Crippen LogP contribution < -0.4 is 5.32 Å². The predicted molar refractivity (Wildman–Crippen MR) is 90.2 cm³/mol. The number of aryl methyl sites for hydroxylation is 1. The molecule has 2 heterocycles. The maximum Gasteiger partial charge on any atom is 0.410 e. The van der Waals surface area contributed by atoms with Crippen LogP contribution in [0, 0.1) is 0 Å². The minimum atomic E-state index is -0.433. The van der Waals surface area contributed by atoms with E-state index < -0.39 is 5.60 Å². The molecule has 2 unspecified atom stereocenters. The third-order valence-corrected chi connectivity index (χ3v) is 4.16. The van der Waals surface area contributed by atoms with Gasteiger partial charge in [0.2, 0.25) is 0 Å². The molecular formula is C17H30N4O2. The van der Waals surface area contributed by atoms with E-state index in [0.29, 0.717) is 0 Å². The molecule has 23 heavy (non-hydrogen) atoms. The minimum absolute atomic E-state index is 0.180. The molecule has 0 radical (unpaired) electrons. The van der Waals surface area contributed by atoms with Crippen LogP contribution in [0.3, 0.4) is 0 Å². The highest BCUT2D eigenvalue weighted by Gasteiger charge is 2.31. The van der Waals surface area contributed by atoms with Crippen LogP contribution in [0.15, 0.2) is 12.4 Å². The van der Waals surface area contributed by atoms with Gasteiger partial charge in [-0.15, -0.1) is 0 Å². The molecule has 6 heteroatoms. The van der Waals surface area contributed by atoms with Crippen LogP contribution >= 0.6 is 0 Å². The molecule has 1 N–H and O–H groups in total. The number of ether oxygens (including phenoxy) is 1. The minimum Gasteiger partial charge on any atom is -0.444 e. The molecule has 1 aromatic heterocycles. The van der Waals surface area contributed by atoms with Gasteiger partial charge >= 0.3 is 6.09 Å². The first-order valence-corrected chi connectivity index (χ1v) is 8.48. The second kappa shape index (κ2) is 7.34. The number of amides is 1. The fourth-order valence-electron chi connectivity index (χ4n) is 2.94. The Morgan fingerprint density at radius 3 is 2.87 bits per heavy atom. The summed E-state index contributed by atoms with van der Waals surface area (Å²) in [6, 6.07) is 0.540. The van der Waals surface area contributed by atoms with Crippen molar-refractivity contribution >= 4 is 6.09 Å². The molecule has 1 fully saturated rings. The molecule has 1 aliphatic heterocycles. The van der Waals surface area contributed by atoms with E-state index >= 15 is 0 Å². The SMILES string of the molecule is CC(NCCC1CCCN1C(=O)OC(C)(C)C)c1cnn(C)c1. The molecule has 0 saturated carbocycles. The van der Waals surface area contributed by atoms with Crippen molar-refractivity contribution in [3.05, 3.63) is 18.0 Å². The molecule has 6 nitrogen and oxygen atoms in total. The van der Waals surface area contributed by atoms with Crippen LogP contribution in [0.25, 0.3) is 0 Å². The predicted octanol–water partition coefficient (Wildman–Crippen LogP) is 2.86. The van der Waals surface area contributed by atoms with Crippen molar-refractivity contribution in [2.75, 3.05) is 13.1 Å². The number of hydrogen-bond donors (Lipinski definition) is 1. The molecule has 1 saturated heterocycles. The summed E-state index contributed by atoms with van der Waals surface area (Å²) < 4.78 is 7.32. The van der Waals surface area contributed by atoms with Gasteiger partial charge in [0.1, 0.15) is 5.60 Å². The van der Waals surface area contributed by atoms with E-state index in [9.17, 15) is 4.79 Å². The summed E-state index contributed by atoms with van der Waals surface area (Å²) in [6.07, 6.45) is 6.80. The largest absolute Gasteiger partial charge is 0.444 e. The number of hydrogen-bond acceptors (Lipinski definition) is 4. The Balaban J connectivity index is 1.79. The van der Waals surface area contributed by atoms with Gasteiger partial charge in [0.05, 0.1) is 6.20 Å². The Bertz CT molecular complexity index is 521. The van der Waals surface area contributed by atoms with Crippen LogP contribution in [-0.2, 0) is 11.8 Å². The van der Waals surface area contributed by atoms with Gasteiger partial charge in [-0.1, -0.05) is 0 Å². The molecule has 0 bridgehead atoms. The Labute approximate surface area is 139 Å². The number of carbonyl (C=O) groups excluding carboxylic acids is 1. The van der Waals surface area contributed by atoms with E-state index in [2.05, 4.69) is 17.3 Å². The molecule has 0 aliphatic carbocycles. The lowest BCUT2D eigenvalue weighted by molar-refractivity contribution is 0.0220. The van der Waals surface area contributed by atoms with E-state index in [-0.39, 0.29) is 18.2 Å². The normalized spacial score (nSPS) is 19.9. The quantitative estimate of drug-likeness (QED) is 0.905. The Kier molecular flexibility index (Phi) is 5.68. The van der Waals surface area contributed by atoms with Crippen molar-refractivity contribution in [1.82, 2.24) is 20.0 Å². The summed E-state index contributed by atoms with van der Waals surface area (Å²) in [6.45, 7) is 9.54. The Hall–Kier alpha value is -1.56. The van der Waals surface area contributed by atoms with E-state index in [0.717, 1.165) is 32.4 Å². The molecule has 1 aliphatic rings. The van der Waals surface area contributed by atoms with Gasteiger partial charge in [-0.3, -0.25) is 4.68 Å². The van der Waals surface area contributed by atoms with Gasteiger partial charge in [0.15, 0.2) is 0 Å². The lowest BCUT2D eigenvalue weighted by atomic mass is 10.1.